The van der Waals surface area contributed by atoms with Gasteiger partial charge in [0.2, 0.25) is 0 Å². The van der Waals surface area contributed by atoms with Crippen molar-refractivity contribution >= 4 is 11.9 Å². The highest BCUT2D eigenvalue weighted by atomic mass is 19.1. The van der Waals surface area contributed by atoms with Crippen molar-refractivity contribution in [2.45, 2.75) is 13.3 Å². The van der Waals surface area contributed by atoms with Gasteiger partial charge in [-0.25, -0.2) is 8.78 Å². The van der Waals surface area contributed by atoms with Crippen LogP contribution in [0.2, 0.25) is 0 Å². The molecule has 1 aromatic carbocycles. The predicted molar refractivity (Wildman–Crippen MR) is 50.8 cm³/mol. The minimum absolute atomic E-state index is 0.194. The summed E-state index contributed by atoms with van der Waals surface area (Å²) in [6.45, 7) is 5.19. The Morgan fingerprint density at radius 1 is 1.50 bits per heavy atom. The molecule has 0 aliphatic rings. The van der Waals surface area contributed by atoms with Crippen molar-refractivity contribution in [3.05, 3.63) is 41.5 Å². The van der Waals surface area contributed by atoms with Gasteiger partial charge in [-0.2, -0.15) is 0 Å². The van der Waals surface area contributed by atoms with Crippen molar-refractivity contribution in [1.29, 1.82) is 0 Å². The Hall–Kier alpha value is -1.51. The first-order valence-electron chi connectivity index (χ1n) is 4.14. The zero-order valence-electron chi connectivity index (χ0n) is 7.81. The van der Waals surface area contributed by atoms with E-state index in [1.54, 1.807) is 6.92 Å². The summed E-state index contributed by atoms with van der Waals surface area (Å²) in [6.07, 6.45) is 0.225. The maximum Gasteiger partial charge on any atom is 0.137 e. The molecule has 0 saturated carbocycles. The molecule has 0 bridgehead atoms. The fraction of sp³-hybridized carbons (Fsp3) is 0.182. The molecular weight excluding hydrogens is 186 g/mol. The molecule has 1 nitrogen and oxygen atoms in total. The van der Waals surface area contributed by atoms with Crippen LogP contribution in [-0.2, 0) is 11.2 Å². The number of halogens is 2. The largest absolute Gasteiger partial charge is 0.303 e. The summed E-state index contributed by atoms with van der Waals surface area (Å²) < 4.78 is 26.6. The Labute approximate surface area is 81.1 Å². The van der Waals surface area contributed by atoms with E-state index in [2.05, 4.69) is 6.58 Å². The van der Waals surface area contributed by atoms with Crippen LogP contribution < -0.4 is 0 Å². The first kappa shape index (κ1) is 10.6. The van der Waals surface area contributed by atoms with E-state index in [9.17, 15) is 13.6 Å². The normalized spacial score (nSPS) is 9.93. The number of benzene rings is 1. The maximum absolute atomic E-state index is 13.5. The van der Waals surface area contributed by atoms with Gasteiger partial charge in [0.15, 0.2) is 0 Å². The van der Waals surface area contributed by atoms with E-state index in [0.29, 0.717) is 11.9 Å². The zero-order chi connectivity index (χ0) is 10.7. The quantitative estimate of drug-likeness (QED) is 0.679. The first-order chi connectivity index (χ1) is 6.57. The minimum atomic E-state index is -0.695. The fourth-order valence-corrected chi connectivity index (χ4v) is 1.20. The second kappa shape index (κ2) is 4.13. The number of allylic oxidation sites excluding steroid dienone is 1. The molecule has 3 heteroatoms. The van der Waals surface area contributed by atoms with Crippen LogP contribution in [0.5, 0.6) is 0 Å². The Kier molecular flexibility index (Phi) is 3.12. The third-order valence-corrected chi connectivity index (χ3v) is 1.93. The van der Waals surface area contributed by atoms with Crippen LogP contribution in [0.1, 0.15) is 18.1 Å². The van der Waals surface area contributed by atoms with Crippen LogP contribution in [0.25, 0.3) is 5.57 Å². The molecule has 1 rings (SSSR count). The highest BCUT2D eigenvalue weighted by Crippen LogP contribution is 2.21. The zero-order valence-corrected chi connectivity index (χ0v) is 7.81. The molecule has 0 atom stereocenters. The monoisotopic (exact) mass is 196 g/mol. The summed E-state index contributed by atoms with van der Waals surface area (Å²) in [4.78, 5) is 10.2. The number of rotatable bonds is 3. The molecule has 1 aromatic rings. The van der Waals surface area contributed by atoms with Crippen LogP contribution >= 0.6 is 0 Å². The summed E-state index contributed by atoms with van der Waals surface area (Å²) in [6, 6.07) is 2.47. The Morgan fingerprint density at radius 2 is 2.14 bits per heavy atom. The van der Waals surface area contributed by atoms with Crippen molar-refractivity contribution in [3.63, 3.8) is 0 Å². The van der Waals surface area contributed by atoms with Crippen molar-refractivity contribution in [2.75, 3.05) is 0 Å². The van der Waals surface area contributed by atoms with Crippen LogP contribution in [0.4, 0.5) is 8.78 Å². The molecule has 0 aromatic heterocycles. The van der Waals surface area contributed by atoms with Gasteiger partial charge in [0.1, 0.15) is 17.9 Å². The Morgan fingerprint density at radius 3 is 2.64 bits per heavy atom. The van der Waals surface area contributed by atoms with E-state index < -0.39 is 11.6 Å². The lowest BCUT2D eigenvalue weighted by atomic mass is 10.0. The van der Waals surface area contributed by atoms with E-state index in [-0.39, 0.29) is 17.5 Å². The molecular formula is C11H10F2O. The Bertz CT molecular complexity index is 383. The van der Waals surface area contributed by atoms with Gasteiger partial charge in [0.05, 0.1) is 0 Å². The second-order valence-electron chi connectivity index (χ2n) is 3.04. The molecule has 0 amide bonds. The molecule has 0 fully saturated rings. The third kappa shape index (κ3) is 1.87. The molecule has 0 aliphatic heterocycles. The molecule has 0 aliphatic carbocycles. The maximum atomic E-state index is 13.5. The van der Waals surface area contributed by atoms with Gasteiger partial charge in [-0.1, -0.05) is 6.58 Å². The van der Waals surface area contributed by atoms with Crippen LogP contribution in [0.15, 0.2) is 18.7 Å². The number of carbonyl (C=O) groups excluding carboxylic acids is 1. The minimum Gasteiger partial charge on any atom is -0.303 e. The summed E-state index contributed by atoms with van der Waals surface area (Å²) >= 11 is 0. The van der Waals surface area contributed by atoms with Crippen LogP contribution in [0, 0.1) is 11.6 Å². The molecule has 0 unspecified atom stereocenters. The van der Waals surface area contributed by atoms with Gasteiger partial charge in [-0.05, 0) is 24.6 Å². The predicted octanol–water partition coefficient (Wildman–Crippen LogP) is 2.74. The summed E-state index contributed by atoms with van der Waals surface area (Å²) in [7, 11) is 0. The molecule has 0 spiro atoms. The van der Waals surface area contributed by atoms with E-state index in [1.807, 2.05) is 0 Å². The lowest BCUT2D eigenvalue weighted by molar-refractivity contribution is -0.107. The van der Waals surface area contributed by atoms with E-state index in [4.69, 9.17) is 0 Å². The van der Waals surface area contributed by atoms with Gasteiger partial charge in [-0.15, -0.1) is 0 Å². The topological polar surface area (TPSA) is 17.1 Å². The van der Waals surface area contributed by atoms with E-state index in [1.165, 1.54) is 6.07 Å². The number of hydrogen-bond acceptors (Lipinski definition) is 1. The van der Waals surface area contributed by atoms with E-state index >= 15 is 0 Å². The lowest BCUT2D eigenvalue weighted by Crippen LogP contribution is -2.00. The number of aldehydes is 1. The van der Waals surface area contributed by atoms with E-state index in [0.717, 1.165) is 6.07 Å². The molecule has 0 radical (unpaired) electrons. The first-order valence-corrected chi connectivity index (χ1v) is 4.14. The molecule has 0 saturated heterocycles. The van der Waals surface area contributed by atoms with Crippen LogP contribution in [0.3, 0.4) is 0 Å². The van der Waals surface area contributed by atoms with Gasteiger partial charge < -0.3 is 4.79 Å². The lowest BCUT2D eigenvalue weighted by Gasteiger charge is -2.06. The molecule has 74 valence electrons. The summed E-state index contributed by atoms with van der Waals surface area (Å²) in [5.74, 6) is -1.38. The summed E-state index contributed by atoms with van der Waals surface area (Å²) in [5, 5.41) is 0. The second-order valence-corrected chi connectivity index (χ2v) is 3.04. The van der Waals surface area contributed by atoms with Crippen molar-refractivity contribution in [3.8, 4) is 0 Å². The number of hydrogen-bond donors (Lipinski definition) is 0. The standard InChI is InChI=1S/C11H10F2O/c1-7(2)8-3-4-10(12)9(5-6-14)11(8)13/h3-4,6H,1,5H2,2H3. The van der Waals surface area contributed by atoms with Gasteiger partial charge >= 0.3 is 0 Å². The molecule has 0 heterocycles. The van der Waals surface area contributed by atoms with Crippen LogP contribution in [-0.4, -0.2) is 6.29 Å². The third-order valence-electron chi connectivity index (χ3n) is 1.93. The Balaban J connectivity index is 3.32. The average molecular weight is 196 g/mol. The fourth-order valence-electron chi connectivity index (χ4n) is 1.20. The van der Waals surface area contributed by atoms with Crippen molar-refractivity contribution in [2.24, 2.45) is 0 Å². The van der Waals surface area contributed by atoms with Crippen molar-refractivity contribution < 1.29 is 13.6 Å². The summed E-state index contributed by atoms with van der Waals surface area (Å²) in [5.41, 5.74) is 0.568. The van der Waals surface area contributed by atoms with Gasteiger partial charge in [0.25, 0.3) is 0 Å². The van der Waals surface area contributed by atoms with Gasteiger partial charge in [0, 0.05) is 17.5 Å². The SMILES string of the molecule is C=C(C)c1ccc(F)c(CC=O)c1F. The average Bonchev–Trinajstić information content (AvgIpc) is 2.11. The smallest absolute Gasteiger partial charge is 0.137 e. The van der Waals surface area contributed by atoms with Crippen molar-refractivity contribution in [1.82, 2.24) is 0 Å². The highest BCUT2D eigenvalue weighted by Gasteiger charge is 2.13. The van der Waals surface area contributed by atoms with Gasteiger partial charge in [-0.3, -0.25) is 0 Å². The number of carbonyl (C=O) groups is 1. The molecule has 14 heavy (non-hydrogen) atoms. The highest BCUT2D eigenvalue weighted by molar-refractivity contribution is 5.64. The molecule has 0 N–H and O–H groups in total.